The van der Waals surface area contributed by atoms with E-state index < -0.39 is 0 Å². The molecule has 0 unspecified atom stereocenters. The zero-order valence-corrected chi connectivity index (χ0v) is 10.1. The molecule has 1 saturated carbocycles. The molecule has 1 aromatic rings. The summed E-state index contributed by atoms with van der Waals surface area (Å²) in [5.74, 6) is 0.672. The van der Waals surface area contributed by atoms with Gasteiger partial charge in [0.2, 0.25) is 0 Å². The van der Waals surface area contributed by atoms with E-state index in [0.717, 1.165) is 11.6 Å². The van der Waals surface area contributed by atoms with Crippen molar-refractivity contribution in [3.63, 3.8) is 0 Å². The third-order valence-corrected chi connectivity index (χ3v) is 3.60. The molecule has 2 N–H and O–H groups in total. The molecule has 4 heteroatoms. The third-order valence-electron chi connectivity index (χ3n) is 2.54. The van der Waals surface area contributed by atoms with Crippen LogP contribution < -0.4 is 5.32 Å². The van der Waals surface area contributed by atoms with Gasteiger partial charge in [0.1, 0.15) is 5.01 Å². The molecular weight excluding hydrogens is 208 g/mol. The molecule has 1 heterocycles. The second-order valence-corrected chi connectivity index (χ2v) is 5.55. The monoisotopic (exact) mass is 226 g/mol. The molecule has 3 nitrogen and oxygen atoms in total. The number of thiazole rings is 1. The highest BCUT2D eigenvalue weighted by Crippen LogP contribution is 2.42. The van der Waals surface area contributed by atoms with Crippen molar-refractivity contribution in [3.8, 4) is 0 Å². The van der Waals surface area contributed by atoms with Crippen LogP contribution in [0, 0.1) is 0 Å². The van der Waals surface area contributed by atoms with E-state index in [9.17, 15) is 0 Å². The number of rotatable bonds is 5. The van der Waals surface area contributed by atoms with E-state index >= 15 is 0 Å². The van der Waals surface area contributed by atoms with E-state index in [1.807, 2.05) is 0 Å². The average Bonchev–Trinajstić information content (AvgIpc) is 2.96. The minimum absolute atomic E-state index is 0.0755. The minimum atomic E-state index is 0.0755. The zero-order valence-electron chi connectivity index (χ0n) is 9.29. The van der Waals surface area contributed by atoms with Crippen LogP contribution in [0.2, 0.25) is 0 Å². The van der Waals surface area contributed by atoms with Gasteiger partial charge in [0.05, 0.1) is 12.3 Å². The molecule has 0 saturated heterocycles. The summed E-state index contributed by atoms with van der Waals surface area (Å²) in [6, 6.07) is 0.497. The van der Waals surface area contributed by atoms with E-state index in [1.54, 1.807) is 11.3 Å². The molecule has 0 radical (unpaired) electrons. The molecule has 0 spiro atoms. The van der Waals surface area contributed by atoms with Crippen LogP contribution in [0.5, 0.6) is 0 Å². The SMILES string of the molecule is CC(C)NCc1sc(CO)nc1C1CC1. The molecule has 0 aliphatic heterocycles. The Balaban J connectivity index is 2.09. The number of nitrogens with one attached hydrogen (secondary N) is 1. The van der Waals surface area contributed by atoms with Gasteiger partial charge in [-0.1, -0.05) is 13.8 Å². The number of aromatic nitrogens is 1. The maximum Gasteiger partial charge on any atom is 0.119 e. The van der Waals surface area contributed by atoms with Crippen LogP contribution in [-0.2, 0) is 13.2 Å². The maximum atomic E-state index is 9.08. The van der Waals surface area contributed by atoms with Crippen LogP contribution >= 0.6 is 11.3 Å². The molecule has 0 aromatic carbocycles. The summed E-state index contributed by atoms with van der Waals surface area (Å²) in [6.45, 7) is 5.25. The fourth-order valence-electron chi connectivity index (χ4n) is 1.58. The van der Waals surface area contributed by atoms with Crippen LogP contribution in [-0.4, -0.2) is 16.1 Å². The van der Waals surface area contributed by atoms with Gasteiger partial charge < -0.3 is 10.4 Å². The van der Waals surface area contributed by atoms with Crippen molar-refractivity contribution in [1.82, 2.24) is 10.3 Å². The molecule has 1 aromatic heterocycles. The Morgan fingerprint density at radius 1 is 1.53 bits per heavy atom. The Kier molecular flexibility index (Phi) is 3.38. The first-order chi connectivity index (χ1) is 7.20. The van der Waals surface area contributed by atoms with Crippen molar-refractivity contribution < 1.29 is 5.11 Å². The van der Waals surface area contributed by atoms with Gasteiger partial charge in [0.25, 0.3) is 0 Å². The van der Waals surface area contributed by atoms with Gasteiger partial charge in [0, 0.05) is 23.4 Å². The second kappa shape index (κ2) is 4.60. The van der Waals surface area contributed by atoms with Crippen molar-refractivity contribution in [3.05, 3.63) is 15.6 Å². The zero-order chi connectivity index (χ0) is 10.8. The summed E-state index contributed by atoms with van der Waals surface area (Å²) in [5.41, 5.74) is 1.23. The van der Waals surface area contributed by atoms with Crippen LogP contribution in [0.4, 0.5) is 0 Å². The first kappa shape index (κ1) is 11.0. The van der Waals surface area contributed by atoms with Crippen molar-refractivity contribution in [2.24, 2.45) is 0 Å². The summed E-state index contributed by atoms with van der Waals surface area (Å²) in [7, 11) is 0. The number of aliphatic hydroxyl groups excluding tert-OH is 1. The average molecular weight is 226 g/mol. The first-order valence-corrected chi connectivity index (χ1v) is 6.35. The van der Waals surface area contributed by atoms with E-state index in [-0.39, 0.29) is 6.61 Å². The molecule has 1 aliphatic carbocycles. The largest absolute Gasteiger partial charge is 0.389 e. The maximum absolute atomic E-state index is 9.08. The summed E-state index contributed by atoms with van der Waals surface area (Å²) < 4.78 is 0. The molecule has 1 fully saturated rings. The van der Waals surface area contributed by atoms with Crippen molar-refractivity contribution in [2.75, 3.05) is 0 Å². The van der Waals surface area contributed by atoms with Gasteiger partial charge in [-0.05, 0) is 12.8 Å². The molecule has 0 bridgehead atoms. The third kappa shape index (κ3) is 2.77. The van der Waals surface area contributed by atoms with Crippen molar-refractivity contribution in [1.29, 1.82) is 0 Å². The van der Waals surface area contributed by atoms with Crippen LogP contribution in [0.1, 0.15) is 48.2 Å². The van der Waals surface area contributed by atoms with E-state index in [0.29, 0.717) is 12.0 Å². The summed E-state index contributed by atoms with van der Waals surface area (Å²) in [4.78, 5) is 5.81. The van der Waals surface area contributed by atoms with Crippen LogP contribution in [0.25, 0.3) is 0 Å². The van der Waals surface area contributed by atoms with E-state index in [1.165, 1.54) is 23.4 Å². The van der Waals surface area contributed by atoms with Gasteiger partial charge in [-0.25, -0.2) is 4.98 Å². The highest BCUT2D eigenvalue weighted by molar-refractivity contribution is 7.11. The highest BCUT2D eigenvalue weighted by atomic mass is 32.1. The van der Waals surface area contributed by atoms with Crippen molar-refractivity contribution >= 4 is 11.3 Å². The Morgan fingerprint density at radius 2 is 2.27 bits per heavy atom. The lowest BCUT2D eigenvalue weighted by Crippen LogP contribution is -2.21. The van der Waals surface area contributed by atoms with Crippen LogP contribution in [0.15, 0.2) is 0 Å². The number of hydrogen-bond donors (Lipinski definition) is 2. The number of nitrogens with zero attached hydrogens (tertiary/aromatic N) is 1. The van der Waals surface area contributed by atoms with Gasteiger partial charge in [-0.15, -0.1) is 11.3 Å². The van der Waals surface area contributed by atoms with Crippen LogP contribution in [0.3, 0.4) is 0 Å². The standard InChI is InChI=1S/C11H18N2OS/c1-7(2)12-5-9-11(8-3-4-8)13-10(6-14)15-9/h7-8,12,14H,3-6H2,1-2H3. The predicted octanol–water partition coefficient (Wildman–Crippen LogP) is 2.01. The van der Waals surface area contributed by atoms with Gasteiger partial charge in [-0.2, -0.15) is 0 Å². The fourth-order valence-corrected chi connectivity index (χ4v) is 2.55. The molecule has 1 aliphatic rings. The van der Waals surface area contributed by atoms with Gasteiger partial charge >= 0.3 is 0 Å². The number of aliphatic hydroxyl groups is 1. The molecule has 84 valence electrons. The lowest BCUT2D eigenvalue weighted by Gasteiger charge is -2.07. The second-order valence-electron chi connectivity index (χ2n) is 4.38. The topological polar surface area (TPSA) is 45.1 Å². The highest BCUT2D eigenvalue weighted by Gasteiger charge is 2.29. The smallest absolute Gasteiger partial charge is 0.119 e. The lowest BCUT2D eigenvalue weighted by atomic mass is 10.2. The first-order valence-electron chi connectivity index (χ1n) is 5.53. The van der Waals surface area contributed by atoms with E-state index in [4.69, 9.17) is 5.11 Å². The lowest BCUT2D eigenvalue weighted by molar-refractivity contribution is 0.281. The Hall–Kier alpha value is -0.450. The minimum Gasteiger partial charge on any atom is -0.389 e. The molecule has 0 amide bonds. The molecule has 2 rings (SSSR count). The van der Waals surface area contributed by atoms with Crippen molar-refractivity contribution in [2.45, 2.75) is 51.8 Å². The fraction of sp³-hybridized carbons (Fsp3) is 0.727. The predicted molar refractivity (Wildman–Crippen MR) is 62.0 cm³/mol. The Morgan fingerprint density at radius 3 is 2.80 bits per heavy atom. The molecule has 15 heavy (non-hydrogen) atoms. The number of hydrogen-bond acceptors (Lipinski definition) is 4. The normalized spacial score (nSPS) is 16.3. The summed E-state index contributed by atoms with van der Waals surface area (Å²) in [6.07, 6.45) is 2.53. The van der Waals surface area contributed by atoms with Gasteiger partial charge in [0.15, 0.2) is 0 Å². The molecular formula is C11H18N2OS. The Labute approximate surface area is 94.5 Å². The summed E-state index contributed by atoms with van der Waals surface area (Å²) >= 11 is 1.65. The van der Waals surface area contributed by atoms with E-state index in [2.05, 4.69) is 24.1 Å². The molecule has 0 atom stereocenters. The van der Waals surface area contributed by atoms with Gasteiger partial charge in [-0.3, -0.25) is 0 Å². The Bertz CT molecular complexity index is 331. The quantitative estimate of drug-likeness (QED) is 0.807. The summed E-state index contributed by atoms with van der Waals surface area (Å²) in [5, 5.41) is 13.4.